The van der Waals surface area contributed by atoms with Crippen molar-refractivity contribution in [2.45, 2.75) is 31.7 Å². The highest BCUT2D eigenvalue weighted by atomic mass is 28.3. The molecule has 0 spiro atoms. The third-order valence-corrected chi connectivity index (χ3v) is 8.04. The molecule has 3 rings (SSSR count). The number of anilines is 1. The van der Waals surface area contributed by atoms with E-state index in [0.29, 0.717) is 11.3 Å². The number of carbonyl (C=O) groups is 3. The third-order valence-electron chi connectivity index (χ3n) is 5.97. The molecule has 0 radical (unpaired) electrons. The molecule has 1 aliphatic heterocycles. The fourth-order valence-electron chi connectivity index (χ4n) is 3.87. The molecule has 1 aliphatic rings. The minimum atomic E-state index is -1.48. The molecule has 8 heteroatoms. The van der Waals surface area contributed by atoms with E-state index < -0.39 is 19.7 Å². The van der Waals surface area contributed by atoms with Crippen LogP contribution in [0.2, 0.25) is 19.6 Å². The molecule has 0 aromatic heterocycles. The zero-order chi connectivity index (χ0) is 23.5. The van der Waals surface area contributed by atoms with Gasteiger partial charge in [-0.15, -0.1) is 0 Å². The zero-order valence-electron chi connectivity index (χ0n) is 19.3. The Balaban J connectivity index is 2.01. The smallest absolute Gasteiger partial charge is 0.230 e. The van der Waals surface area contributed by atoms with Gasteiger partial charge in [-0.1, -0.05) is 49.1 Å². The average Bonchev–Trinajstić information content (AvgIpc) is 3.22. The van der Waals surface area contributed by atoms with E-state index in [1.165, 1.54) is 10.1 Å². The second kappa shape index (κ2) is 9.16. The average molecular weight is 454 g/mol. The van der Waals surface area contributed by atoms with Crippen molar-refractivity contribution < 1.29 is 19.1 Å². The highest BCUT2D eigenvalue weighted by Crippen LogP contribution is 2.31. The fourth-order valence-corrected chi connectivity index (χ4v) is 5.04. The fraction of sp³-hybridized carbons (Fsp3) is 0.375. The van der Waals surface area contributed by atoms with E-state index in [2.05, 4.69) is 42.4 Å². The topological polar surface area (TPSA) is 87.7 Å². The van der Waals surface area contributed by atoms with Crippen molar-refractivity contribution in [1.29, 1.82) is 0 Å². The van der Waals surface area contributed by atoms with Crippen molar-refractivity contribution in [3.05, 3.63) is 54.1 Å². The Kier molecular flexibility index (Phi) is 6.73. The van der Waals surface area contributed by atoms with Gasteiger partial charge in [0.15, 0.2) is 11.9 Å². The summed E-state index contributed by atoms with van der Waals surface area (Å²) in [5.41, 5.74) is -0.138. The summed E-state index contributed by atoms with van der Waals surface area (Å²) in [6, 6.07) is 15.0. The summed E-state index contributed by atoms with van der Waals surface area (Å²) in [6.45, 7) is 7.08. The van der Waals surface area contributed by atoms with Crippen LogP contribution >= 0.6 is 0 Å². The second-order valence-corrected chi connectivity index (χ2v) is 14.2. The third kappa shape index (κ3) is 4.70. The molecule has 2 amide bonds. The molecule has 170 valence electrons. The Morgan fingerprint density at radius 3 is 2.25 bits per heavy atom. The van der Waals surface area contributed by atoms with E-state index in [-0.39, 0.29) is 24.8 Å². The van der Waals surface area contributed by atoms with E-state index >= 15 is 0 Å². The number of hydrogen-bond donors (Lipinski definition) is 2. The molecule has 1 heterocycles. The number of ether oxygens (including phenoxy) is 1. The molecule has 7 nitrogen and oxygen atoms in total. The van der Waals surface area contributed by atoms with Gasteiger partial charge in [-0.25, -0.2) is 0 Å². The van der Waals surface area contributed by atoms with Crippen LogP contribution in [0.1, 0.15) is 12.0 Å². The molecule has 1 fully saturated rings. The van der Waals surface area contributed by atoms with Gasteiger partial charge in [0.05, 0.1) is 21.1 Å². The van der Waals surface area contributed by atoms with Crippen LogP contribution in [0.3, 0.4) is 0 Å². The van der Waals surface area contributed by atoms with E-state index in [1.54, 1.807) is 38.4 Å². The van der Waals surface area contributed by atoms with E-state index in [4.69, 9.17) is 4.74 Å². The van der Waals surface area contributed by atoms with Gasteiger partial charge in [0.25, 0.3) is 0 Å². The van der Waals surface area contributed by atoms with Crippen LogP contribution in [-0.2, 0) is 20.0 Å². The van der Waals surface area contributed by atoms with Crippen molar-refractivity contribution in [2.24, 2.45) is 5.92 Å². The molecular formula is C24H31N3O4Si. The number of hydrogen-bond acceptors (Lipinski definition) is 5. The molecule has 2 unspecified atom stereocenters. The lowest BCUT2D eigenvalue weighted by molar-refractivity contribution is -0.142. The minimum absolute atomic E-state index is 0.117. The first-order valence-electron chi connectivity index (χ1n) is 10.6. The second-order valence-electron chi connectivity index (χ2n) is 9.17. The number of aldehydes is 1. The van der Waals surface area contributed by atoms with Crippen LogP contribution in [-0.4, -0.2) is 51.8 Å². The highest BCUT2D eigenvalue weighted by molar-refractivity contribution is 6.88. The van der Waals surface area contributed by atoms with Crippen LogP contribution in [0.25, 0.3) is 0 Å². The number of methoxy groups -OCH3 is 1. The van der Waals surface area contributed by atoms with Crippen molar-refractivity contribution in [2.75, 3.05) is 26.0 Å². The van der Waals surface area contributed by atoms with Gasteiger partial charge in [0, 0.05) is 31.3 Å². The highest BCUT2D eigenvalue weighted by Gasteiger charge is 2.43. The molecule has 32 heavy (non-hydrogen) atoms. The molecule has 0 saturated carbocycles. The Morgan fingerprint density at radius 1 is 1.16 bits per heavy atom. The summed E-state index contributed by atoms with van der Waals surface area (Å²) >= 11 is 0. The van der Waals surface area contributed by atoms with Gasteiger partial charge in [-0.2, -0.15) is 0 Å². The lowest BCUT2D eigenvalue weighted by Crippen LogP contribution is -2.55. The maximum Gasteiger partial charge on any atom is 0.230 e. The Labute approximate surface area is 190 Å². The SMILES string of the molecule is COc1ccc(C(C=O)(Nc2ccc([Si](C)(C)C)cc2)N(C)C(=O)C2CNC(=O)C2)cc1. The summed E-state index contributed by atoms with van der Waals surface area (Å²) in [5.74, 6) is -0.306. The predicted molar refractivity (Wildman–Crippen MR) is 128 cm³/mol. The van der Waals surface area contributed by atoms with Crippen molar-refractivity contribution in [3.63, 3.8) is 0 Å². The summed E-state index contributed by atoms with van der Waals surface area (Å²) < 4.78 is 5.25. The summed E-state index contributed by atoms with van der Waals surface area (Å²) in [5, 5.41) is 7.28. The molecular weight excluding hydrogens is 422 g/mol. The maximum absolute atomic E-state index is 13.3. The number of nitrogens with zero attached hydrogens (tertiary/aromatic N) is 1. The predicted octanol–water partition coefficient (Wildman–Crippen LogP) is 2.30. The normalized spacial score (nSPS) is 17.8. The van der Waals surface area contributed by atoms with Crippen molar-refractivity contribution in [1.82, 2.24) is 10.2 Å². The minimum Gasteiger partial charge on any atom is -0.497 e. The number of amides is 2. The zero-order valence-corrected chi connectivity index (χ0v) is 20.3. The Hall–Kier alpha value is -3.13. The summed E-state index contributed by atoms with van der Waals surface area (Å²) in [6.07, 6.45) is 0.856. The number of benzene rings is 2. The van der Waals surface area contributed by atoms with E-state index in [1.807, 2.05) is 12.1 Å². The first kappa shape index (κ1) is 23.5. The van der Waals surface area contributed by atoms with Crippen LogP contribution in [0.15, 0.2) is 48.5 Å². The first-order valence-corrected chi connectivity index (χ1v) is 14.1. The van der Waals surface area contributed by atoms with Gasteiger partial charge in [0.1, 0.15) is 5.75 Å². The van der Waals surface area contributed by atoms with E-state index in [9.17, 15) is 14.4 Å². The van der Waals surface area contributed by atoms with Crippen LogP contribution in [0, 0.1) is 5.92 Å². The molecule has 2 N–H and O–H groups in total. The van der Waals surface area contributed by atoms with Crippen LogP contribution in [0.5, 0.6) is 5.75 Å². The monoisotopic (exact) mass is 453 g/mol. The van der Waals surface area contributed by atoms with Crippen LogP contribution in [0.4, 0.5) is 5.69 Å². The van der Waals surface area contributed by atoms with Crippen molar-refractivity contribution in [3.8, 4) is 5.75 Å². The number of carbonyl (C=O) groups excluding carboxylic acids is 3. The molecule has 0 bridgehead atoms. The standard InChI is InChI=1S/C24H31N3O4Si/c1-27(23(30)17-14-22(29)25-15-17)24(16-28,18-6-10-20(31-2)11-7-18)26-19-8-12-21(13-9-19)32(3,4)5/h6-13,16-17,26H,14-15H2,1-5H3,(H,25,29). The lowest BCUT2D eigenvalue weighted by Gasteiger charge is -2.40. The van der Waals surface area contributed by atoms with Gasteiger partial charge in [-0.3, -0.25) is 14.4 Å². The van der Waals surface area contributed by atoms with Gasteiger partial charge >= 0.3 is 0 Å². The molecule has 0 aliphatic carbocycles. The van der Waals surface area contributed by atoms with Crippen molar-refractivity contribution >= 4 is 37.0 Å². The Bertz CT molecular complexity index is 986. The van der Waals surface area contributed by atoms with Crippen LogP contribution < -0.4 is 20.6 Å². The molecule has 1 saturated heterocycles. The first-order chi connectivity index (χ1) is 15.1. The molecule has 2 aromatic rings. The summed E-state index contributed by atoms with van der Waals surface area (Å²) in [4.78, 5) is 39.0. The number of rotatable bonds is 8. The number of nitrogens with one attached hydrogen (secondary N) is 2. The maximum atomic E-state index is 13.3. The summed E-state index contributed by atoms with van der Waals surface area (Å²) in [7, 11) is 1.68. The van der Waals surface area contributed by atoms with Gasteiger partial charge in [-0.05, 0) is 24.3 Å². The molecule has 2 atom stereocenters. The molecule has 2 aromatic carbocycles. The number of likely N-dealkylation sites (N-methyl/N-ethyl adjacent to an activating group) is 1. The quantitative estimate of drug-likeness (QED) is 0.364. The van der Waals surface area contributed by atoms with Gasteiger partial charge < -0.3 is 20.3 Å². The Morgan fingerprint density at radius 2 is 1.78 bits per heavy atom. The van der Waals surface area contributed by atoms with Gasteiger partial charge in [0.2, 0.25) is 11.8 Å². The largest absolute Gasteiger partial charge is 0.497 e. The van der Waals surface area contributed by atoms with E-state index in [0.717, 1.165) is 12.0 Å². The lowest BCUT2D eigenvalue weighted by atomic mass is 9.96.